The van der Waals surface area contributed by atoms with Crippen LogP contribution in [0.25, 0.3) is 10.9 Å². The summed E-state index contributed by atoms with van der Waals surface area (Å²) in [6.45, 7) is 4.87. The lowest BCUT2D eigenvalue weighted by Crippen LogP contribution is -2.23. The van der Waals surface area contributed by atoms with Gasteiger partial charge in [-0.05, 0) is 24.3 Å². The number of hydrogen-bond acceptors (Lipinski definition) is 7. The number of esters is 1. The Kier molecular flexibility index (Phi) is 6.65. The van der Waals surface area contributed by atoms with Crippen LogP contribution in [-0.4, -0.2) is 26.8 Å². The second kappa shape index (κ2) is 9.06. The van der Waals surface area contributed by atoms with Crippen molar-refractivity contribution in [3.05, 3.63) is 71.1 Å². The van der Waals surface area contributed by atoms with Crippen molar-refractivity contribution in [3.8, 4) is 5.75 Å². The Morgan fingerprint density at radius 3 is 2.58 bits per heavy atom. The highest BCUT2D eigenvalue weighted by Gasteiger charge is 2.22. The van der Waals surface area contributed by atoms with Crippen molar-refractivity contribution in [2.75, 3.05) is 0 Å². The highest BCUT2D eigenvalue weighted by molar-refractivity contribution is 9.10. The number of carbonyl (C=O) groups excluding carboxylic acids is 1. The normalized spacial score (nSPS) is 11.4. The van der Waals surface area contributed by atoms with Crippen molar-refractivity contribution in [3.63, 3.8) is 0 Å². The Bertz CT molecular complexity index is 1300. The molecule has 0 aliphatic carbocycles. The number of aromatic nitrogens is 2. The van der Waals surface area contributed by atoms with Crippen LogP contribution in [0.3, 0.4) is 0 Å². The first kappa shape index (κ1) is 22.8. The number of carbonyl (C=O) groups is 1. The topological polar surface area (TPSA) is 117 Å². The minimum atomic E-state index is -0.725. The van der Waals surface area contributed by atoms with Crippen LogP contribution in [0.5, 0.6) is 5.75 Å². The van der Waals surface area contributed by atoms with E-state index in [0.717, 1.165) is 11.6 Å². The first-order valence-corrected chi connectivity index (χ1v) is 10.6. The van der Waals surface area contributed by atoms with Gasteiger partial charge in [-0.25, -0.2) is 4.98 Å². The molecular weight excluding hydrogens is 536 g/mol. The van der Waals surface area contributed by atoms with E-state index < -0.39 is 22.1 Å². The molecule has 1 aromatic heterocycles. The minimum Gasteiger partial charge on any atom is -0.419 e. The highest BCUT2D eigenvalue weighted by atomic mass is 79.9. The monoisotopic (exact) mass is 550 g/mol. The Morgan fingerprint density at radius 1 is 1.26 bits per heavy atom. The maximum atomic E-state index is 13.1. The van der Waals surface area contributed by atoms with Crippen molar-refractivity contribution >= 4 is 60.6 Å². The van der Waals surface area contributed by atoms with E-state index in [4.69, 9.17) is 4.74 Å². The molecule has 0 atom stereocenters. The van der Waals surface area contributed by atoms with Gasteiger partial charge in [0, 0.05) is 33.4 Å². The van der Waals surface area contributed by atoms with Gasteiger partial charge in [0.25, 0.3) is 5.56 Å². The van der Waals surface area contributed by atoms with Crippen molar-refractivity contribution in [1.82, 2.24) is 9.66 Å². The predicted octanol–water partition coefficient (Wildman–Crippen LogP) is 4.76. The lowest BCUT2D eigenvalue weighted by atomic mass is 10.2. The molecule has 0 aliphatic heterocycles. The van der Waals surface area contributed by atoms with E-state index in [1.165, 1.54) is 18.3 Å². The zero-order valence-corrected chi connectivity index (χ0v) is 19.8. The number of fused-ring (bicyclic) bond motifs is 1. The van der Waals surface area contributed by atoms with Crippen LogP contribution in [0.2, 0.25) is 0 Å². The SMILES string of the molecule is CC(=O)Oc1c(C=Nn2c(C(C)C)nc3ccc(Br)cc3c2=O)cc(Br)cc1[N+](=O)[O-]. The molecule has 11 heteroatoms. The van der Waals surface area contributed by atoms with Crippen molar-refractivity contribution < 1.29 is 14.5 Å². The molecule has 160 valence electrons. The molecule has 0 fully saturated rings. The summed E-state index contributed by atoms with van der Waals surface area (Å²) < 4.78 is 7.31. The maximum absolute atomic E-state index is 13.1. The van der Waals surface area contributed by atoms with Gasteiger partial charge < -0.3 is 4.74 Å². The van der Waals surface area contributed by atoms with Gasteiger partial charge in [-0.15, -0.1) is 0 Å². The van der Waals surface area contributed by atoms with Crippen molar-refractivity contribution in [1.29, 1.82) is 0 Å². The number of halogens is 2. The molecule has 0 amide bonds. The fourth-order valence-corrected chi connectivity index (χ4v) is 3.68. The van der Waals surface area contributed by atoms with Crippen LogP contribution in [0.15, 0.2) is 49.2 Å². The second-order valence-electron chi connectivity index (χ2n) is 6.84. The Hall–Kier alpha value is -2.92. The molecule has 0 unspecified atom stereocenters. The third-order valence-electron chi connectivity index (χ3n) is 4.17. The van der Waals surface area contributed by atoms with Crippen LogP contribution in [0.1, 0.15) is 38.1 Å². The maximum Gasteiger partial charge on any atom is 0.313 e. The lowest BCUT2D eigenvalue weighted by Gasteiger charge is -2.12. The number of benzene rings is 2. The fraction of sp³-hybridized carbons (Fsp3) is 0.200. The van der Waals surface area contributed by atoms with E-state index in [1.807, 2.05) is 13.8 Å². The number of hydrogen-bond donors (Lipinski definition) is 0. The van der Waals surface area contributed by atoms with Crippen LogP contribution in [-0.2, 0) is 4.79 Å². The molecule has 0 radical (unpaired) electrons. The summed E-state index contributed by atoms with van der Waals surface area (Å²) in [5.74, 6) is -0.713. The van der Waals surface area contributed by atoms with E-state index in [9.17, 15) is 19.7 Å². The minimum absolute atomic E-state index is 0.136. The van der Waals surface area contributed by atoms with Gasteiger partial charge in [0.1, 0.15) is 5.82 Å². The molecule has 0 bridgehead atoms. The van der Waals surface area contributed by atoms with Gasteiger partial charge in [0.2, 0.25) is 5.75 Å². The molecule has 2 aromatic carbocycles. The Labute approximate surface area is 193 Å². The summed E-state index contributed by atoms with van der Waals surface area (Å²) in [6, 6.07) is 7.89. The van der Waals surface area contributed by atoms with E-state index in [0.29, 0.717) is 25.7 Å². The van der Waals surface area contributed by atoms with Gasteiger partial charge in [0.15, 0.2) is 0 Å². The van der Waals surface area contributed by atoms with Crippen LogP contribution >= 0.6 is 31.9 Å². The fourth-order valence-electron chi connectivity index (χ4n) is 2.86. The second-order valence-corrected chi connectivity index (χ2v) is 8.67. The van der Waals surface area contributed by atoms with E-state index in [-0.39, 0.29) is 17.2 Å². The van der Waals surface area contributed by atoms with E-state index in [1.54, 1.807) is 18.2 Å². The number of ether oxygens (including phenoxy) is 1. The average molecular weight is 552 g/mol. The summed E-state index contributed by atoms with van der Waals surface area (Å²) in [5.41, 5.74) is -0.137. The van der Waals surface area contributed by atoms with Crippen LogP contribution in [0, 0.1) is 10.1 Å². The molecule has 3 rings (SSSR count). The third kappa shape index (κ3) is 4.88. The third-order valence-corrected chi connectivity index (χ3v) is 5.12. The van der Waals surface area contributed by atoms with Crippen LogP contribution in [0.4, 0.5) is 5.69 Å². The quantitative estimate of drug-likeness (QED) is 0.148. The van der Waals surface area contributed by atoms with Gasteiger partial charge in [-0.3, -0.25) is 19.7 Å². The van der Waals surface area contributed by atoms with Crippen molar-refractivity contribution in [2.24, 2.45) is 5.10 Å². The number of nitro groups is 1. The molecule has 0 N–H and O–H groups in total. The molecular formula is C20H16Br2N4O5. The summed E-state index contributed by atoms with van der Waals surface area (Å²) in [5, 5.41) is 16.0. The molecule has 0 saturated heterocycles. The van der Waals surface area contributed by atoms with E-state index in [2.05, 4.69) is 41.9 Å². The molecule has 0 aliphatic rings. The van der Waals surface area contributed by atoms with Gasteiger partial charge in [-0.1, -0.05) is 45.7 Å². The number of nitrogens with zero attached hydrogens (tertiary/aromatic N) is 4. The molecule has 0 saturated carbocycles. The summed E-state index contributed by atoms with van der Waals surface area (Å²) >= 11 is 6.55. The zero-order chi connectivity index (χ0) is 22.9. The number of nitro benzene ring substituents is 1. The molecule has 1 heterocycles. The molecule has 0 spiro atoms. The lowest BCUT2D eigenvalue weighted by molar-refractivity contribution is -0.385. The predicted molar refractivity (Wildman–Crippen MR) is 123 cm³/mol. The first-order chi connectivity index (χ1) is 14.6. The largest absolute Gasteiger partial charge is 0.419 e. The van der Waals surface area contributed by atoms with Crippen LogP contribution < -0.4 is 10.3 Å². The van der Waals surface area contributed by atoms with Gasteiger partial charge in [0.05, 0.1) is 22.0 Å². The zero-order valence-electron chi connectivity index (χ0n) is 16.6. The summed E-state index contributed by atoms with van der Waals surface area (Å²) in [7, 11) is 0. The number of rotatable bonds is 5. The van der Waals surface area contributed by atoms with E-state index >= 15 is 0 Å². The van der Waals surface area contributed by atoms with Gasteiger partial charge >= 0.3 is 11.7 Å². The van der Waals surface area contributed by atoms with Crippen molar-refractivity contribution in [2.45, 2.75) is 26.7 Å². The molecule has 3 aromatic rings. The standard InChI is InChI=1S/C20H16Br2N4O5/c1-10(2)19-24-16-5-4-13(21)7-15(16)20(28)25(19)23-9-12-6-14(22)8-17(26(29)30)18(12)31-11(3)27/h4-10H,1-3H3. The summed E-state index contributed by atoms with van der Waals surface area (Å²) in [6.07, 6.45) is 1.23. The summed E-state index contributed by atoms with van der Waals surface area (Å²) in [4.78, 5) is 39.9. The Balaban J connectivity index is 2.25. The first-order valence-electron chi connectivity index (χ1n) is 9.01. The molecule has 9 nitrogen and oxygen atoms in total. The molecule has 31 heavy (non-hydrogen) atoms. The highest BCUT2D eigenvalue weighted by Crippen LogP contribution is 2.34. The average Bonchev–Trinajstić information content (AvgIpc) is 2.68. The smallest absolute Gasteiger partial charge is 0.313 e. The van der Waals surface area contributed by atoms with Gasteiger partial charge in [-0.2, -0.15) is 9.78 Å². The Morgan fingerprint density at radius 2 is 1.97 bits per heavy atom.